The Morgan fingerprint density at radius 3 is 2.87 bits per heavy atom. The topological polar surface area (TPSA) is 89.2 Å². The number of nitrogens with zero attached hydrogens (tertiary/aromatic N) is 2. The summed E-state index contributed by atoms with van der Waals surface area (Å²) >= 11 is 0. The smallest absolute Gasteiger partial charge is 0.0991 e. The molecule has 0 unspecified atom stereocenters. The van der Waals surface area contributed by atoms with Crippen molar-refractivity contribution in [3.63, 3.8) is 0 Å². The molecule has 1 aliphatic carbocycles. The summed E-state index contributed by atoms with van der Waals surface area (Å²) in [6, 6.07) is 13.1. The highest BCUT2D eigenvalue weighted by atomic mass is 16.3. The van der Waals surface area contributed by atoms with E-state index in [4.69, 9.17) is 5.26 Å². The second kappa shape index (κ2) is 6.88. The molecule has 23 heavy (non-hydrogen) atoms. The van der Waals surface area contributed by atoms with Crippen LogP contribution in [0.5, 0.6) is 0 Å². The number of pyridine rings is 1. The fourth-order valence-corrected chi connectivity index (χ4v) is 3.21. The molecule has 1 aliphatic rings. The van der Waals surface area contributed by atoms with Crippen LogP contribution in [-0.4, -0.2) is 33.4 Å². The van der Waals surface area contributed by atoms with Gasteiger partial charge in [0.2, 0.25) is 0 Å². The van der Waals surface area contributed by atoms with Crippen molar-refractivity contribution in [3.05, 3.63) is 65.5 Å². The van der Waals surface area contributed by atoms with Crippen molar-refractivity contribution in [1.82, 2.24) is 10.3 Å². The highest BCUT2D eigenvalue weighted by Crippen LogP contribution is 2.35. The average molecular weight is 309 g/mol. The van der Waals surface area contributed by atoms with Gasteiger partial charge in [-0.3, -0.25) is 4.98 Å². The zero-order chi connectivity index (χ0) is 16.2. The molecular weight excluding hydrogens is 290 g/mol. The molecule has 0 saturated heterocycles. The van der Waals surface area contributed by atoms with Crippen LogP contribution in [0.1, 0.15) is 29.0 Å². The molecule has 1 aromatic carbocycles. The van der Waals surface area contributed by atoms with Gasteiger partial charge in [-0.1, -0.05) is 18.2 Å². The molecule has 5 heteroatoms. The summed E-state index contributed by atoms with van der Waals surface area (Å²) in [6.45, 7) is 0.529. The van der Waals surface area contributed by atoms with Crippen molar-refractivity contribution in [2.75, 3.05) is 0 Å². The predicted octanol–water partition coefficient (Wildman–Crippen LogP) is 1.32. The molecule has 0 bridgehead atoms. The Bertz CT molecular complexity index is 699. The van der Waals surface area contributed by atoms with E-state index in [2.05, 4.69) is 16.4 Å². The van der Waals surface area contributed by atoms with Crippen molar-refractivity contribution < 1.29 is 10.2 Å². The lowest BCUT2D eigenvalue weighted by atomic mass is 9.94. The Morgan fingerprint density at radius 2 is 2.13 bits per heavy atom. The van der Waals surface area contributed by atoms with E-state index in [1.54, 1.807) is 18.5 Å². The van der Waals surface area contributed by atoms with Crippen LogP contribution in [0, 0.1) is 11.3 Å². The number of benzene rings is 1. The molecule has 4 atom stereocenters. The van der Waals surface area contributed by atoms with Crippen LogP contribution >= 0.6 is 0 Å². The number of aliphatic hydroxyl groups is 2. The van der Waals surface area contributed by atoms with Gasteiger partial charge in [-0.25, -0.2) is 0 Å². The fourth-order valence-electron chi connectivity index (χ4n) is 3.21. The number of nitriles is 1. The molecule has 0 spiro atoms. The Kier molecular flexibility index (Phi) is 4.68. The van der Waals surface area contributed by atoms with E-state index in [9.17, 15) is 10.2 Å². The minimum atomic E-state index is -0.820. The van der Waals surface area contributed by atoms with Gasteiger partial charge in [0.1, 0.15) is 0 Å². The van der Waals surface area contributed by atoms with Crippen molar-refractivity contribution in [2.45, 2.75) is 37.1 Å². The van der Waals surface area contributed by atoms with Crippen LogP contribution in [0.25, 0.3) is 0 Å². The van der Waals surface area contributed by atoms with E-state index < -0.39 is 12.2 Å². The van der Waals surface area contributed by atoms with Crippen LogP contribution in [0.15, 0.2) is 48.8 Å². The van der Waals surface area contributed by atoms with Crippen molar-refractivity contribution >= 4 is 0 Å². The molecule has 1 heterocycles. The second-order valence-electron chi connectivity index (χ2n) is 5.91. The summed E-state index contributed by atoms with van der Waals surface area (Å²) in [4.78, 5) is 4.13. The van der Waals surface area contributed by atoms with E-state index in [-0.39, 0.29) is 12.0 Å². The lowest BCUT2D eigenvalue weighted by Gasteiger charge is -2.23. The first-order valence-electron chi connectivity index (χ1n) is 7.67. The Labute approximate surface area is 135 Å². The Balaban J connectivity index is 1.75. The summed E-state index contributed by atoms with van der Waals surface area (Å²) in [5.74, 6) is 0.00727. The zero-order valence-corrected chi connectivity index (χ0v) is 12.6. The average Bonchev–Trinajstić information content (AvgIpc) is 2.89. The molecule has 2 aromatic rings. The molecule has 0 amide bonds. The van der Waals surface area contributed by atoms with E-state index >= 15 is 0 Å². The maximum absolute atomic E-state index is 10.3. The van der Waals surface area contributed by atoms with Crippen LogP contribution in [-0.2, 0) is 6.54 Å². The van der Waals surface area contributed by atoms with Gasteiger partial charge in [0.25, 0.3) is 0 Å². The Hall–Kier alpha value is -2.26. The van der Waals surface area contributed by atoms with Gasteiger partial charge < -0.3 is 15.5 Å². The lowest BCUT2D eigenvalue weighted by molar-refractivity contribution is 0.0297. The summed E-state index contributed by atoms with van der Waals surface area (Å²) in [7, 11) is 0. The normalized spacial score (nSPS) is 26.8. The van der Waals surface area contributed by atoms with Crippen molar-refractivity contribution in [2.24, 2.45) is 0 Å². The maximum atomic E-state index is 10.3. The van der Waals surface area contributed by atoms with Gasteiger partial charge in [-0.2, -0.15) is 5.26 Å². The molecule has 118 valence electrons. The highest BCUT2D eigenvalue weighted by Gasteiger charge is 2.42. The first-order chi connectivity index (χ1) is 11.2. The summed E-state index contributed by atoms with van der Waals surface area (Å²) in [5, 5.41) is 32.6. The number of hydrogen-bond donors (Lipinski definition) is 3. The SMILES string of the molecule is N#Cc1cccc(CN[C@H]2[C@H](O)[C@H](O)C[C@@H]2c2cccnc2)c1. The monoisotopic (exact) mass is 309 g/mol. The molecule has 5 nitrogen and oxygen atoms in total. The molecule has 0 radical (unpaired) electrons. The number of rotatable bonds is 4. The molecule has 1 aromatic heterocycles. The third kappa shape index (κ3) is 3.40. The quantitative estimate of drug-likeness (QED) is 0.792. The molecule has 3 N–H and O–H groups in total. The molecule has 1 saturated carbocycles. The third-order valence-electron chi connectivity index (χ3n) is 4.40. The van der Waals surface area contributed by atoms with Gasteiger partial charge in [0.05, 0.1) is 23.8 Å². The van der Waals surface area contributed by atoms with E-state index in [1.165, 1.54) is 0 Å². The minimum Gasteiger partial charge on any atom is -0.390 e. The minimum absolute atomic E-state index is 0.00727. The van der Waals surface area contributed by atoms with Gasteiger partial charge in [0.15, 0.2) is 0 Å². The van der Waals surface area contributed by atoms with E-state index in [1.807, 2.05) is 30.3 Å². The number of nitrogens with one attached hydrogen (secondary N) is 1. The van der Waals surface area contributed by atoms with Gasteiger partial charge in [-0.15, -0.1) is 0 Å². The second-order valence-corrected chi connectivity index (χ2v) is 5.91. The van der Waals surface area contributed by atoms with Crippen LogP contribution < -0.4 is 5.32 Å². The number of aromatic nitrogens is 1. The van der Waals surface area contributed by atoms with Crippen LogP contribution in [0.3, 0.4) is 0 Å². The highest BCUT2D eigenvalue weighted by molar-refractivity contribution is 5.33. The third-order valence-corrected chi connectivity index (χ3v) is 4.40. The summed E-state index contributed by atoms with van der Waals surface area (Å²) in [6.07, 6.45) is 2.42. The summed E-state index contributed by atoms with van der Waals surface area (Å²) < 4.78 is 0. The number of hydrogen-bond acceptors (Lipinski definition) is 5. The van der Waals surface area contributed by atoms with Gasteiger partial charge >= 0.3 is 0 Å². The predicted molar refractivity (Wildman–Crippen MR) is 85.4 cm³/mol. The molecule has 1 fully saturated rings. The van der Waals surface area contributed by atoms with Gasteiger partial charge in [0, 0.05) is 30.9 Å². The van der Waals surface area contributed by atoms with Crippen molar-refractivity contribution in [1.29, 1.82) is 5.26 Å². The van der Waals surface area contributed by atoms with Crippen LogP contribution in [0.4, 0.5) is 0 Å². The molecule has 3 rings (SSSR count). The fraction of sp³-hybridized carbons (Fsp3) is 0.333. The van der Waals surface area contributed by atoms with E-state index in [0.717, 1.165) is 11.1 Å². The van der Waals surface area contributed by atoms with Crippen LogP contribution in [0.2, 0.25) is 0 Å². The lowest BCUT2D eigenvalue weighted by Crippen LogP contribution is -2.41. The van der Waals surface area contributed by atoms with E-state index in [0.29, 0.717) is 18.5 Å². The number of aliphatic hydroxyl groups excluding tert-OH is 2. The van der Waals surface area contributed by atoms with Crippen molar-refractivity contribution in [3.8, 4) is 6.07 Å². The molecule has 0 aliphatic heterocycles. The first-order valence-corrected chi connectivity index (χ1v) is 7.67. The first kappa shape index (κ1) is 15.6. The largest absolute Gasteiger partial charge is 0.390 e. The zero-order valence-electron chi connectivity index (χ0n) is 12.6. The maximum Gasteiger partial charge on any atom is 0.0991 e. The summed E-state index contributed by atoms with van der Waals surface area (Å²) in [5.41, 5.74) is 2.59. The molecular formula is C18H19N3O2. The standard InChI is InChI=1S/C18H19N3O2/c19-9-12-3-1-4-13(7-12)10-21-17-15(8-16(22)18(17)23)14-5-2-6-20-11-14/h1-7,11,15-18,21-23H,8,10H2/t15-,16-,17-,18-/m1/s1. The van der Waals surface area contributed by atoms with Gasteiger partial charge in [-0.05, 0) is 35.7 Å². The Morgan fingerprint density at radius 1 is 1.26 bits per heavy atom.